The van der Waals surface area contributed by atoms with Crippen LogP contribution in [0.1, 0.15) is 22.6 Å². The molecule has 2 heterocycles. The van der Waals surface area contributed by atoms with Gasteiger partial charge in [0.2, 0.25) is 10.0 Å². The predicted molar refractivity (Wildman–Crippen MR) is 136 cm³/mol. The van der Waals surface area contributed by atoms with Crippen molar-refractivity contribution in [3.05, 3.63) is 102 Å². The Bertz CT molecular complexity index is 1400. The molecule has 1 unspecified atom stereocenters. The van der Waals surface area contributed by atoms with Crippen molar-refractivity contribution in [2.45, 2.75) is 27.2 Å². The van der Waals surface area contributed by atoms with Gasteiger partial charge in [-0.1, -0.05) is 30.0 Å². The first kappa shape index (κ1) is 24.7. The lowest BCUT2D eigenvalue weighted by Gasteiger charge is -2.20. The lowest BCUT2D eigenvalue weighted by Crippen LogP contribution is -2.11. The topological polar surface area (TPSA) is 104 Å². The van der Waals surface area contributed by atoms with E-state index in [2.05, 4.69) is 9.97 Å². The molecule has 0 saturated carbocycles. The summed E-state index contributed by atoms with van der Waals surface area (Å²) in [6.45, 7) is 0. The molecule has 9 heteroatoms. The Morgan fingerprint density at radius 2 is 1.66 bits per heavy atom. The minimum absolute atomic E-state index is 0.0227. The Labute approximate surface area is 209 Å². The van der Waals surface area contributed by atoms with Crippen LogP contribution in [-0.4, -0.2) is 32.6 Å². The van der Waals surface area contributed by atoms with Gasteiger partial charge in [-0.3, -0.25) is 4.98 Å². The molecule has 2 aromatic carbocycles. The highest BCUT2D eigenvalue weighted by Crippen LogP contribution is 2.36. The summed E-state index contributed by atoms with van der Waals surface area (Å²) in [6, 6.07) is 20.4. The van der Waals surface area contributed by atoms with Crippen molar-refractivity contribution in [1.82, 2.24) is 9.97 Å². The van der Waals surface area contributed by atoms with Crippen LogP contribution in [0.2, 0.25) is 0 Å². The standard InChI is InChI=1S/C26H25N3O4S2/c1-32-24-8-6-19(15-25(24)33-2)23(14-18-10-12-28-13-11-18)20-7-9-26(29-17-20)34-21-4-3-5-22(16-21)35(27,30)31/h3-13,15-17,23H,14H2,1-2H3,(H2,27,30,31). The Balaban J connectivity index is 1.64. The normalized spacial score (nSPS) is 12.2. The SMILES string of the molecule is COc1ccc(C(Cc2ccncc2)c2ccc(Sc3cccc(S(N)(=O)=O)c3)nc2)cc1OC. The van der Waals surface area contributed by atoms with Gasteiger partial charge < -0.3 is 9.47 Å². The van der Waals surface area contributed by atoms with Crippen molar-refractivity contribution in [2.24, 2.45) is 5.14 Å². The van der Waals surface area contributed by atoms with Gasteiger partial charge in [0.15, 0.2) is 11.5 Å². The van der Waals surface area contributed by atoms with Crippen molar-refractivity contribution in [1.29, 1.82) is 0 Å². The summed E-state index contributed by atoms with van der Waals surface area (Å²) in [7, 11) is -0.525. The van der Waals surface area contributed by atoms with E-state index < -0.39 is 10.0 Å². The fourth-order valence-corrected chi connectivity index (χ4v) is 5.20. The molecule has 0 amide bonds. The van der Waals surface area contributed by atoms with Crippen LogP contribution in [0.3, 0.4) is 0 Å². The maximum Gasteiger partial charge on any atom is 0.238 e. The monoisotopic (exact) mass is 507 g/mol. The molecule has 0 radical (unpaired) electrons. The smallest absolute Gasteiger partial charge is 0.238 e. The van der Waals surface area contributed by atoms with Gasteiger partial charge in [-0.25, -0.2) is 18.5 Å². The molecule has 2 N–H and O–H groups in total. The average Bonchev–Trinajstić information content (AvgIpc) is 2.88. The van der Waals surface area contributed by atoms with Crippen LogP contribution in [0.5, 0.6) is 11.5 Å². The number of pyridine rings is 2. The quantitative estimate of drug-likeness (QED) is 0.351. The van der Waals surface area contributed by atoms with E-state index in [-0.39, 0.29) is 10.8 Å². The number of nitrogens with zero attached hydrogens (tertiary/aromatic N) is 2. The van der Waals surface area contributed by atoms with E-state index in [4.69, 9.17) is 14.6 Å². The van der Waals surface area contributed by atoms with Crippen LogP contribution in [0.4, 0.5) is 0 Å². The summed E-state index contributed by atoms with van der Waals surface area (Å²) < 4.78 is 34.2. The first-order chi connectivity index (χ1) is 16.9. The van der Waals surface area contributed by atoms with Crippen molar-refractivity contribution in [3.8, 4) is 11.5 Å². The second-order valence-electron chi connectivity index (χ2n) is 7.78. The fourth-order valence-electron chi connectivity index (χ4n) is 3.75. The van der Waals surface area contributed by atoms with Gasteiger partial charge in [0, 0.05) is 29.4 Å². The zero-order chi connectivity index (χ0) is 24.8. The molecule has 0 aliphatic heterocycles. The number of nitrogens with two attached hydrogens (primary N) is 1. The fraction of sp³-hybridized carbons (Fsp3) is 0.154. The molecule has 0 aliphatic carbocycles. The van der Waals surface area contributed by atoms with Crippen molar-refractivity contribution >= 4 is 21.8 Å². The molecule has 2 aromatic heterocycles. The lowest BCUT2D eigenvalue weighted by molar-refractivity contribution is 0.354. The van der Waals surface area contributed by atoms with Gasteiger partial charge in [0.05, 0.1) is 19.1 Å². The van der Waals surface area contributed by atoms with Crippen LogP contribution >= 0.6 is 11.8 Å². The molecule has 0 saturated heterocycles. The molecule has 7 nitrogen and oxygen atoms in total. The summed E-state index contributed by atoms with van der Waals surface area (Å²) in [5, 5.41) is 6.00. The third-order valence-electron chi connectivity index (χ3n) is 5.52. The Morgan fingerprint density at radius 1 is 0.914 bits per heavy atom. The van der Waals surface area contributed by atoms with E-state index in [0.29, 0.717) is 11.5 Å². The van der Waals surface area contributed by atoms with Crippen LogP contribution in [0.15, 0.2) is 100 Å². The zero-order valence-electron chi connectivity index (χ0n) is 19.3. The van der Waals surface area contributed by atoms with Gasteiger partial charge in [-0.15, -0.1) is 0 Å². The molecule has 4 aromatic rings. The number of hydrogen-bond donors (Lipinski definition) is 1. The highest BCUT2D eigenvalue weighted by atomic mass is 32.2. The number of primary sulfonamides is 1. The van der Waals surface area contributed by atoms with E-state index in [1.165, 1.54) is 17.8 Å². The number of methoxy groups -OCH3 is 2. The van der Waals surface area contributed by atoms with E-state index >= 15 is 0 Å². The first-order valence-electron chi connectivity index (χ1n) is 10.7. The van der Waals surface area contributed by atoms with Crippen LogP contribution in [0, 0.1) is 0 Å². The molecule has 0 fully saturated rings. The average molecular weight is 508 g/mol. The van der Waals surface area contributed by atoms with E-state index in [9.17, 15) is 8.42 Å². The first-order valence-corrected chi connectivity index (χ1v) is 13.1. The Hall–Kier alpha value is -3.40. The summed E-state index contributed by atoms with van der Waals surface area (Å²) in [6.07, 6.45) is 6.18. The lowest BCUT2D eigenvalue weighted by atomic mass is 9.87. The maximum atomic E-state index is 11.7. The molecule has 180 valence electrons. The molecule has 1 atom stereocenters. The predicted octanol–water partition coefficient (Wildman–Crippen LogP) is 4.67. The van der Waals surface area contributed by atoms with Crippen LogP contribution in [0.25, 0.3) is 0 Å². The number of hydrogen-bond acceptors (Lipinski definition) is 7. The van der Waals surface area contributed by atoms with Gasteiger partial charge in [0.1, 0.15) is 5.03 Å². The molecule has 35 heavy (non-hydrogen) atoms. The Kier molecular flexibility index (Phi) is 7.70. The highest BCUT2D eigenvalue weighted by molar-refractivity contribution is 7.99. The summed E-state index contributed by atoms with van der Waals surface area (Å²) in [4.78, 5) is 9.58. The van der Waals surface area contributed by atoms with Crippen molar-refractivity contribution in [2.75, 3.05) is 14.2 Å². The summed E-state index contributed by atoms with van der Waals surface area (Å²) in [5.74, 6) is 1.36. The van der Waals surface area contributed by atoms with Gasteiger partial charge in [-0.05, 0) is 71.6 Å². The highest BCUT2D eigenvalue weighted by Gasteiger charge is 2.18. The number of sulfonamides is 1. The van der Waals surface area contributed by atoms with Gasteiger partial charge >= 0.3 is 0 Å². The number of ether oxygens (including phenoxy) is 2. The molecular weight excluding hydrogens is 482 g/mol. The second-order valence-corrected chi connectivity index (χ2v) is 10.4. The molecule has 0 aliphatic rings. The van der Waals surface area contributed by atoms with E-state index in [1.54, 1.807) is 38.7 Å². The summed E-state index contributed by atoms with van der Waals surface area (Å²) in [5.41, 5.74) is 3.26. The number of rotatable bonds is 9. The van der Waals surface area contributed by atoms with Crippen LogP contribution in [-0.2, 0) is 16.4 Å². The van der Waals surface area contributed by atoms with Gasteiger partial charge in [-0.2, -0.15) is 0 Å². The second kappa shape index (κ2) is 10.9. The van der Waals surface area contributed by atoms with Crippen molar-refractivity contribution in [3.63, 3.8) is 0 Å². The summed E-state index contributed by atoms with van der Waals surface area (Å²) >= 11 is 1.37. The molecule has 0 spiro atoms. The maximum absolute atomic E-state index is 11.7. The molecular formula is C26H25N3O4S2. The van der Waals surface area contributed by atoms with Crippen molar-refractivity contribution < 1.29 is 17.9 Å². The minimum Gasteiger partial charge on any atom is -0.493 e. The van der Waals surface area contributed by atoms with E-state index in [0.717, 1.165) is 33.0 Å². The third-order valence-corrected chi connectivity index (χ3v) is 7.37. The largest absolute Gasteiger partial charge is 0.493 e. The van der Waals surface area contributed by atoms with E-state index in [1.807, 2.05) is 54.7 Å². The zero-order valence-corrected chi connectivity index (χ0v) is 20.9. The van der Waals surface area contributed by atoms with Crippen LogP contribution < -0.4 is 14.6 Å². The molecule has 4 rings (SSSR count). The third kappa shape index (κ3) is 6.19. The number of benzene rings is 2. The van der Waals surface area contributed by atoms with Gasteiger partial charge in [0.25, 0.3) is 0 Å². The minimum atomic E-state index is -3.76. The Morgan fingerprint density at radius 3 is 2.31 bits per heavy atom. The molecule has 0 bridgehead atoms. The number of aromatic nitrogens is 2.